The summed E-state index contributed by atoms with van der Waals surface area (Å²) in [6.45, 7) is 7.04. The Labute approximate surface area is 145 Å². The number of carbonyl (C=O) groups is 1. The van der Waals surface area contributed by atoms with Gasteiger partial charge in [0.15, 0.2) is 5.13 Å². The second kappa shape index (κ2) is 7.17. The average molecular weight is 348 g/mol. The van der Waals surface area contributed by atoms with Crippen LogP contribution in [0.25, 0.3) is 0 Å². The largest absolute Gasteiger partial charge is 0.345 e. The standard InChI is InChI=1S/C17H21FN4OS/c1-12-9-14(3-4-15(12)18)10-19-16(23)21-5-7-22(8-6-21)17-20-13(2)11-24-17/h3-4,9,11H,5-8,10H2,1-2H3,(H,19,23). The number of halogens is 1. The summed E-state index contributed by atoms with van der Waals surface area (Å²) in [6, 6.07) is 4.82. The van der Waals surface area contributed by atoms with E-state index in [0.717, 1.165) is 29.5 Å². The number of nitrogens with zero attached hydrogens (tertiary/aromatic N) is 3. The van der Waals surface area contributed by atoms with Crippen molar-refractivity contribution >= 4 is 22.5 Å². The quantitative estimate of drug-likeness (QED) is 0.928. The van der Waals surface area contributed by atoms with Gasteiger partial charge in [-0.25, -0.2) is 14.2 Å². The molecule has 1 aliphatic heterocycles. The van der Waals surface area contributed by atoms with Crippen molar-refractivity contribution in [1.29, 1.82) is 0 Å². The summed E-state index contributed by atoms with van der Waals surface area (Å²) in [5.74, 6) is -0.223. The minimum Gasteiger partial charge on any atom is -0.345 e. The molecule has 7 heteroatoms. The molecule has 1 aromatic carbocycles. The molecule has 1 aromatic heterocycles. The van der Waals surface area contributed by atoms with Crippen molar-refractivity contribution in [2.24, 2.45) is 0 Å². The molecule has 0 spiro atoms. The molecule has 2 heterocycles. The predicted octanol–water partition coefficient (Wildman–Crippen LogP) is 2.93. The number of thiazole rings is 1. The van der Waals surface area contributed by atoms with E-state index in [1.165, 1.54) is 6.07 Å². The predicted molar refractivity (Wildman–Crippen MR) is 94.0 cm³/mol. The summed E-state index contributed by atoms with van der Waals surface area (Å²) in [7, 11) is 0. The maximum absolute atomic E-state index is 13.3. The molecule has 0 atom stereocenters. The summed E-state index contributed by atoms with van der Waals surface area (Å²) in [6.07, 6.45) is 0. The van der Waals surface area contributed by atoms with Gasteiger partial charge in [-0.1, -0.05) is 12.1 Å². The number of aryl methyl sites for hydroxylation is 2. The maximum Gasteiger partial charge on any atom is 0.317 e. The highest BCUT2D eigenvalue weighted by Crippen LogP contribution is 2.21. The van der Waals surface area contributed by atoms with Gasteiger partial charge in [-0.15, -0.1) is 11.3 Å². The summed E-state index contributed by atoms with van der Waals surface area (Å²) >= 11 is 1.64. The molecule has 0 aliphatic carbocycles. The molecule has 0 bridgehead atoms. The summed E-state index contributed by atoms with van der Waals surface area (Å²) in [5.41, 5.74) is 2.53. The first-order valence-corrected chi connectivity index (χ1v) is 8.86. The van der Waals surface area contributed by atoms with Gasteiger partial charge in [-0.3, -0.25) is 0 Å². The van der Waals surface area contributed by atoms with Crippen LogP contribution in [0.2, 0.25) is 0 Å². The molecule has 0 saturated carbocycles. The first-order chi connectivity index (χ1) is 11.5. The van der Waals surface area contributed by atoms with E-state index in [1.807, 2.05) is 17.2 Å². The SMILES string of the molecule is Cc1csc(N2CCN(C(=O)NCc3ccc(F)c(C)c3)CC2)n1. The lowest BCUT2D eigenvalue weighted by molar-refractivity contribution is 0.194. The number of hydrogen-bond acceptors (Lipinski definition) is 4. The number of nitrogens with one attached hydrogen (secondary N) is 1. The minimum absolute atomic E-state index is 0.0769. The number of aromatic nitrogens is 1. The number of piperazine rings is 1. The third kappa shape index (κ3) is 3.84. The number of carbonyl (C=O) groups excluding carboxylic acids is 1. The van der Waals surface area contributed by atoms with Crippen molar-refractivity contribution in [2.45, 2.75) is 20.4 Å². The first kappa shape index (κ1) is 16.7. The van der Waals surface area contributed by atoms with Crippen LogP contribution in [0.4, 0.5) is 14.3 Å². The van der Waals surface area contributed by atoms with E-state index in [9.17, 15) is 9.18 Å². The van der Waals surface area contributed by atoms with Gasteiger partial charge in [0.1, 0.15) is 5.82 Å². The van der Waals surface area contributed by atoms with Crippen LogP contribution >= 0.6 is 11.3 Å². The normalized spacial score (nSPS) is 14.8. The molecule has 24 heavy (non-hydrogen) atoms. The molecule has 128 valence electrons. The third-order valence-electron chi connectivity index (χ3n) is 4.11. The Kier molecular flexibility index (Phi) is 4.99. The Morgan fingerprint density at radius 3 is 2.67 bits per heavy atom. The van der Waals surface area contributed by atoms with Crippen LogP contribution in [-0.4, -0.2) is 42.1 Å². The molecule has 0 unspecified atom stereocenters. The van der Waals surface area contributed by atoms with Crippen LogP contribution < -0.4 is 10.2 Å². The number of anilines is 1. The van der Waals surface area contributed by atoms with E-state index in [4.69, 9.17) is 0 Å². The van der Waals surface area contributed by atoms with E-state index in [1.54, 1.807) is 30.4 Å². The zero-order chi connectivity index (χ0) is 17.1. The van der Waals surface area contributed by atoms with Crippen LogP contribution in [0.15, 0.2) is 23.6 Å². The molecule has 2 aromatic rings. The monoisotopic (exact) mass is 348 g/mol. The molecule has 1 N–H and O–H groups in total. The number of amides is 2. The van der Waals surface area contributed by atoms with Gasteiger partial charge < -0.3 is 15.1 Å². The lowest BCUT2D eigenvalue weighted by atomic mass is 10.1. The number of hydrogen-bond donors (Lipinski definition) is 1. The van der Waals surface area contributed by atoms with Crippen LogP contribution in [0, 0.1) is 19.7 Å². The van der Waals surface area contributed by atoms with Crippen molar-refractivity contribution in [3.05, 3.63) is 46.2 Å². The zero-order valence-corrected chi connectivity index (χ0v) is 14.7. The Hall–Kier alpha value is -2.15. The molecule has 5 nitrogen and oxygen atoms in total. The summed E-state index contributed by atoms with van der Waals surface area (Å²) < 4.78 is 13.3. The lowest BCUT2D eigenvalue weighted by Crippen LogP contribution is -2.51. The highest BCUT2D eigenvalue weighted by molar-refractivity contribution is 7.13. The van der Waals surface area contributed by atoms with Crippen LogP contribution in [0.1, 0.15) is 16.8 Å². The van der Waals surface area contributed by atoms with E-state index in [0.29, 0.717) is 25.2 Å². The summed E-state index contributed by atoms with van der Waals surface area (Å²) in [5, 5.41) is 5.97. The highest BCUT2D eigenvalue weighted by atomic mass is 32.1. The van der Waals surface area contributed by atoms with Gasteiger partial charge >= 0.3 is 6.03 Å². The molecule has 1 fully saturated rings. The average Bonchev–Trinajstić information content (AvgIpc) is 3.02. The highest BCUT2D eigenvalue weighted by Gasteiger charge is 2.22. The first-order valence-electron chi connectivity index (χ1n) is 7.98. The molecule has 2 amide bonds. The maximum atomic E-state index is 13.3. The van der Waals surface area contributed by atoms with E-state index < -0.39 is 0 Å². The van der Waals surface area contributed by atoms with Gasteiger partial charge in [0.25, 0.3) is 0 Å². The van der Waals surface area contributed by atoms with Crippen molar-refractivity contribution in [3.8, 4) is 0 Å². The Morgan fingerprint density at radius 2 is 2.04 bits per heavy atom. The van der Waals surface area contributed by atoms with Crippen molar-refractivity contribution < 1.29 is 9.18 Å². The molecular weight excluding hydrogens is 327 g/mol. The fourth-order valence-electron chi connectivity index (χ4n) is 2.69. The topological polar surface area (TPSA) is 48.5 Å². The second-order valence-corrected chi connectivity index (χ2v) is 6.82. The third-order valence-corrected chi connectivity index (χ3v) is 5.13. The Bertz CT molecular complexity index is 725. The lowest BCUT2D eigenvalue weighted by Gasteiger charge is -2.34. The van der Waals surface area contributed by atoms with Gasteiger partial charge in [-0.05, 0) is 31.0 Å². The fourth-order valence-corrected chi connectivity index (χ4v) is 3.55. The molecule has 1 aliphatic rings. The zero-order valence-electron chi connectivity index (χ0n) is 13.9. The van der Waals surface area contributed by atoms with Crippen LogP contribution in [0.5, 0.6) is 0 Å². The van der Waals surface area contributed by atoms with E-state index in [2.05, 4.69) is 15.2 Å². The Balaban J connectivity index is 1.49. The van der Waals surface area contributed by atoms with Gasteiger partial charge in [-0.2, -0.15) is 0 Å². The summed E-state index contributed by atoms with van der Waals surface area (Å²) in [4.78, 5) is 20.8. The van der Waals surface area contributed by atoms with E-state index >= 15 is 0 Å². The molecular formula is C17H21FN4OS. The van der Waals surface area contributed by atoms with E-state index in [-0.39, 0.29) is 11.8 Å². The fraction of sp³-hybridized carbons (Fsp3) is 0.412. The number of rotatable bonds is 3. The number of benzene rings is 1. The van der Waals surface area contributed by atoms with Crippen LogP contribution in [-0.2, 0) is 6.54 Å². The van der Waals surface area contributed by atoms with Gasteiger partial charge in [0.2, 0.25) is 0 Å². The van der Waals surface area contributed by atoms with Crippen molar-refractivity contribution in [3.63, 3.8) is 0 Å². The van der Waals surface area contributed by atoms with Gasteiger partial charge in [0, 0.05) is 38.1 Å². The Morgan fingerprint density at radius 1 is 1.29 bits per heavy atom. The van der Waals surface area contributed by atoms with Crippen molar-refractivity contribution in [2.75, 3.05) is 31.1 Å². The molecule has 3 rings (SSSR count). The molecule has 0 radical (unpaired) electrons. The van der Waals surface area contributed by atoms with Crippen LogP contribution in [0.3, 0.4) is 0 Å². The minimum atomic E-state index is -0.223. The van der Waals surface area contributed by atoms with Crippen molar-refractivity contribution in [1.82, 2.24) is 15.2 Å². The van der Waals surface area contributed by atoms with Gasteiger partial charge in [0.05, 0.1) is 5.69 Å². The number of urea groups is 1. The smallest absolute Gasteiger partial charge is 0.317 e. The second-order valence-electron chi connectivity index (χ2n) is 5.99. The molecule has 1 saturated heterocycles.